The highest BCUT2D eigenvalue weighted by Crippen LogP contribution is 2.38. The van der Waals surface area contributed by atoms with Gasteiger partial charge in [-0.3, -0.25) is 0 Å². The molecule has 1 aromatic rings. The van der Waals surface area contributed by atoms with Gasteiger partial charge in [0, 0.05) is 12.5 Å². The van der Waals surface area contributed by atoms with Crippen molar-refractivity contribution in [2.75, 3.05) is 6.61 Å². The highest BCUT2D eigenvalue weighted by molar-refractivity contribution is 9.10. The van der Waals surface area contributed by atoms with Gasteiger partial charge in [0.25, 0.3) is 0 Å². The van der Waals surface area contributed by atoms with Gasteiger partial charge in [-0.25, -0.2) is 4.39 Å². The van der Waals surface area contributed by atoms with E-state index in [1.807, 2.05) is 6.92 Å². The van der Waals surface area contributed by atoms with Crippen LogP contribution in [0.15, 0.2) is 22.7 Å². The molecule has 0 aromatic heterocycles. The molecule has 1 heterocycles. The second-order valence-corrected chi connectivity index (χ2v) is 5.43. The molecule has 3 unspecified atom stereocenters. The van der Waals surface area contributed by atoms with E-state index < -0.39 is 0 Å². The molecule has 1 nitrogen and oxygen atoms in total. The first-order chi connectivity index (χ1) is 7.59. The van der Waals surface area contributed by atoms with Crippen molar-refractivity contribution < 1.29 is 9.13 Å². The monoisotopic (exact) mass is 306 g/mol. The van der Waals surface area contributed by atoms with Gasteiger partial charge in [-0.1, -0.05) is 6.07 Å². The third-order valence-corrected chi connectivity index (χ3v) is 4.26. The van der Waals surface area contributed by atoms with Crippen LogP contribution >= 0.6 is 27.5 Å². The molecule has 0 aliphatic carbocycles. The third kappa shape index (κ3) is 2.41. The van der Waals surface area contributed by atoms with Crippen molar-refractivity contribution in [2.45, 2.75) is 24.8 Å². The van der Waals surface area contributed by atoms with Crippen LogP contribution in [0.3, 0.4) is 0 Å². The van der Waals surface area contributed by atoms with Crippen molar-refractivity contribution in [2.24, 2.45) is 5.92 Å². The highest BCUT2D eigenvalue weighted by Gasteiger charge is 2.31. The van der Waals surface area contributed by atoms with Crippen molar-refractivity contribution in [3.8, 4) is 0 Å². The van der Waals surface area contributed by atoms with Crippen molar-refractivity contribution in [3.05, 3.63) is 34.1 Å². The second-order valence-electron chi connectivity index (χ2n) is 4.10. The van der Waals surface area contributed by atoms with Crippen LogP contribution < -0.4 is 0 Å². The summed E-state index contributed by atoms with van der Waals surface area (Å²) in [4.78, 5) is 0. The van der Waals surface area contributed by atoms with Crippen LogP contribution in [0, 0.1) is 11.7 Å². The zero-order valence-corrected chi connectivity index (χ0v) is 11.3. The molecule has 0 radical (unpaired) electrons. The molecule has 1 aliphatic rings. The van der Waals surface area contributed by atoms with E-state index in [1.165, 1.54) is 6.07 Å². The summed E-state index contributed by atoms with van der Waals surface area (Å²) in [7, 11) is 0. The predicted octanol–water partition coefficient (Wildman–Crippen LogP) is 4.29. The maximum Gasteiger partial charge on any atom is 0.137 e. The van der Waals surface area contributed by atoms with E-state index in [0.29, 0.717) is 10.4 Å². The number of ether oxygens (including phenoxy) is 1. The molecule has 0 bridgehead atoms. The van der Waals surface area contributed by atoms with Gasteiger partial charge in [-0.2, -0.15) is 0 Å². The molecule has 88 valence electrons. The molecule has 16 heavy (non-hydrogen) atoms. The summed E-state index contributed by atoms with van der Waals surface area (Å²) in [5.74, 6) is 0.0439. The van der Waals surface area contributed by atoms with Gasteiger partial charge in [0.2, 0.25) is 0 Å². The Kier molecular flexibility index (Phi) is 3.88. The maximum absolute atomic E-state index is 13.1. The average Bonchev–Trinajstić information content (AvgIpc) is 2.67. The lowest BCUT2D eigenvalue weighted by Crippen LogP contribution is -2.16. The fourth-order valence-corrected chi connectivity index (χ4v) is 2.93. The largest absolute Gasteiger partial charge is 0.378 e. The third-order valence-electron chi connectivity index (χ3n) is 3.07. The number of halogens is 3. The minimum atomic E-state index is -0.261. The fraction of sp³-hybridized carbons (Fsp3) is 0.500. The van der Waals surface area contributed by atoms with Crippen LogP contribution in [0.4, 0.5) is 4.39 Å². The van der Waals surface area contributed by atoms with Crippen molar-refractivity contribution in [3.63, 3.8) is 0 Å². The Morgan fingerprint density at radius 1 is 1.56 bits per heavy atom. The molecule has 2 rings (SSSR count). The van der Waals surface area contributed by atoms with E-state index in [1.54, 1.807) is 12.1 Å². The number of rotatable bonds is 2. The molecule has 1 aliphatic heterocycles. The minimum Gasteiger partial charge on any atom is -0.378 e. The normalized spacial score (nSPS) is 27.0. The summed E-state index contributed by atoms with van der Waals surface area (Å²) in [6.45, 7) is 2.79. The SMILES string of the molecule is CC1OCCC1C(Cl)c1ccc(F)c(Br)c1. The molecule has 0 saturated carbocycles. The van der Waals surface area contributed by atoms with Crippen LogP contribution in [-0.4, -0.2) is 12.7 Å². The summed E-state index contributed by atoms with van der Waals surface area (Å²) in [6, 6.07) is 4.93. The molecule has 0 spiro atoms. The van der Waals surface area contributed by atoms with E-state index in [-0.39, 0.29) is 17.3 Å². The smallest absolute Gasteiger partial charge is 0.137 e. The lowest BCUT2D eigenvalue weighted by Gasteiger charge is -2.20. The average molecular weight is 308 g/mol. The molecule has 1 saturated heterocycles. The van der Waals surface area contributed by atoms with Crippen molar-refractivity contribution >= 4 is 27.5 Å². The first-order valence-electron chi connectivity index (χ1n) is 5.30. The predicted molar refractivity (Wildman–Crippen MR) is 66.2 cm³/mol. The van der Waals surface area contributed by atoms with Gasteiger partial charge in [-0.15, -0.1) is 11.6 Å². The van der Waals surface area contributed by atoms with Gasteiger partial charge in [-0.05, 0) is 47.0 Å². The molecule has 0 amide bonds. The lowest BCUT2D eigenvalue weighted by atomic mass is 9.93. The maximum atomic E-state index is 13.1. The van der Waals surface area contributed by atoms with Crippen LogP contribution in [0.2, 0.25) is 0 Å². The Bertz CT molecular complexity index is 385. The zero-order valence-electron chi connectivity index (χ0n) is 8.92. The summed E-state index contributed by atoms with van der Waals surface area (Å²) in [5, 5.41) is -0.116. The Morgan fingerprint density at radius 3 is 2.88 bits per heavy atom. The van der Waals surface area contributed by atoms with Gasteiger partial charge < -0.3 is 4.74 Å². The van der Waals surface area contributed by atoms with Crippen LogP contribution in [0.1, 0.15) is 24.3 Å². The summed E-state index contributed by atoms with van der Waals surface area (Å²) in [5.41, 5.74) is 0.942. The Balaban J connectivity index is 2.20. The number of alkyl halides is 1. The topological polar surface area (TPSA) is 9.23 Å². The molecular formula is C12H13BrClFO. The van der Waals surface area contributed by atoms with E-state index in [0.717, 1.165) is 18.6 Å². The second kappa shape index (κ2) is 5.03. The molecule has 0 N–H and O–H groups in total. The molecule has 1 aromatic carbocycles. The van der Waals surface area contributed by atoms with Crippen LogP contribution in [0.25, 0.3) is 0 Å². The summed E-state index contributed by atoms with van der Waals surface area (Å²) >= 11 is 9.58. The number of hydrogen-bond donors (Lipinski definition) is 0. The van der Waals surface area contributed by atoms with Gasteiger partial charge in [0.15, 0.2) is 0 Å². The molecule has 4 heteroatoms. The Morgan fingerprint density at radius 2 is 2.31 bits per heavy atom. The van der Waals surface area contributed by atoms with Crippen LogP contribution in [-0.2, 0) is 4.74 Å². The first-order valence-corrected chi connectivity index (χ1v) is 6.53. The minimum absolute atomic E-state index is 0.116. The van der Waals surface area contributed by atoms with Crippen molar-refractivity contribution in [1.29, 1.82) is 0 Å². The van der Waals surface area contributed by atoms with E-state index >= 15 is 0 Å². The number of hydrogen-bond acceptors (Lipinski definition) is 1. The first kappa shape index (κ1) is 12.3. The van der Waals surface area contributed by atoms with Gasteiger partial charge in [0.1, 0.15) is 5.82 Å². The molecule has 3 atom stereocenters. The standard InChI is InChI=1S/C12H13BrClFO/c1-7-9(4-5-16-7)12(14)8-2-3-11(15)10(13)6-8/h2-3,6-7,9,12H,4-5H2,1H3. The fourth-order valence-electron chi connectivity index (χ4n) is 2.06. The van der Waals surface area contributed by atoms with E-state index in [4.69, 9.17) is 16.3 Å². The van der Waals surface area contributed by atoms with Crippen LogP contribution in [0.5, 0.6) is 0 Å². The zero-order chi connectivity index (χ0) is 11.7. The lowest BCUT2D eigenvalue weighted by molar-refractivity contribution is 0.105. The van der Waals surface area contributed by atoms with Gasteiger partial charge >= 0.3 is 0 Å². The van der Waals surface area contributed by atoms with Gasteiger partial charge in [0.05, 0.1) is 16.0 Å². The Hall–Kier alpha value is -0.120. The molecule has 1 fully saturated rings. The van der Waals surface area contributed by atoms with Crippen molar-refractivity contribution in [1.82, 2.24) is 0 Å². The van der Waals surface area contributed by atoms with E-state index in [9.17, 15) is 4.39 Å². The number of benzene rings is 1. The molecular weight excluding hydrogens is 294 g/mol. The quantitative estimate of drug-likeness (QED) is 0.741. The van der Waals surface area contributed by atoms with E-state index in [2.05, 4.69) is 15.9 Å². The highest BCUT2D eigenvalue weighted by atomic mass is 79.9. The summed E-state index contributed by atoms with van der Waals surface area (Å²) in [6.07, 6.45) is 1.14. The summed E-state index contributed by atoms with van der Waals surface area (Å²) < 4.78 is 19.1. The Labute approximate surface area is 108 Å².